The van der Waals surface area contributed by atoms with E-state index in [0.29, 0.717) is 12.8 Å². The lowest BCUT2D eigenvalue weighted by molar-refractivity contribution is -0.165. The summed E-state index contributed by atoms with van der Waals surface area (Å²) in [5, 5.41) is 2.64. The number of nitrogens with zero attached hydrogens (tertiary/aromatic N) is 1. The summed E-state index contributed by atoms with van der Waals surface area (Å²) in [6.45, 7) is 10.7. The lowest BCUT2D eigenvalue weighted by Crippen LogP contribution is -2.58. The van der Waals surface area contributed by atoms with Crippen LogP contribution in [0.25, 0.3) is 0 Å². The second-order valence-corrected chi connectivity index (χ2v) is 8.80. The average Bonchev–Trinajstić information content (AvgIpc) is 2.82. The van der Waals surface area contributed by atoms with Crippen molar-refractivity contribution in [2.24, 2.45) is 0 Å². The summed E-state index contributed by atoms with van der Waals surface area (Å²) in [4.78, 5) is 38.9. The largest absolute Gasteiger partial charge is 0.458 e. The van der Waals surface area contributed by atoms with Gasteiger partial charge in [-0.05, 0) is 67.2 Å². The van der Waals surface area contributed by atoms with Gasteiger partial charge in [0.25, 0.3) is 0 Å². The zero-order chi connectivity index (χ0) is 19.0. The molecule has 2 unspecified atom stereocenters. The number of rotatable bonds is 2. The summed E-state index contributed by atoms with van der Waals surface area (Å²) in [5.74, 6) is -0.600. The van der Waals surface area contributed by atoms with Crippen molar-refractivity contribution in [2.45, 2.75) is 96.6 Å². The molecule has 142 valence electrons. The summed E-state index contributed by atoms with van der Waals surface area (Å²) >= 11 is 0. The number of fused-ring (bicyclic) bond motifs is 1. The highest BCUT2D eigenvalue weighted by molar-refractivity contribution is 5.91. The standard InChI is InChI=1S/C18H30N2O5/c1-17(2,3)24-15(22)13-10-8-11-7-9-12(14(21)20(11)13)19-16(23)25-18(4,5)6/h11-13H,7-10H2,1-6H3,(H,19,23)/t11?,12?,13-/m0/s1. The van der Waals surface area contributed by atoms with Gasteiger partial charge in [-0.15, -0.1) is 0 Å². The molecule has 2 heterocycles. The quantitative estimate of drug-likeness (QED) is 0.770. The zero-order valence-corrected chi connectivity index (χ0v) is 16.0. The highest BCUT2D eigenvalue weighted by atomic mass is 16.6. The van der Waals surface area contributed by atoms with Gasteiger partial charge < -0.3 is 19.7 Å². The third-order valence-electron chi connectivity index (χ3n) is 4.21. The minimum atomic E-state index is -0.658. The average molecular weight is 354 g/mol. The Bertz CT molecular complexity index is 547. The van der Waals surface area contributed by atoms with Gasteiger partial charge >= 0.3 is 12.1 Å². The smallest absolute Gasteiger partial charge is 0.408 e. The van der Waals surface area contributed by atoms with Crippen LogP contribution in [0.5, 0.6) is 0 Å². The molecule has 0 aromatic heterocycles. The monoisotopic (exact) mass is 354 g/mol. The number of ether oxygens (including phenoxy) is 2. The van der Waals surface area contributed by atoms with Crippen molar-refractivity contribution in [3.63, 3.8) is 0 Å². The van der Waals surface area contributed by atoms with Crippen molar-refractivity contribution in [2.75, 3.05) is 0 Å². The van der Waals surface area contributed by atoms with E-state index < -0.39 is 29.4 Å². The fourth-order valence-electron chi connectivity index (χ4n) is 3.35. The lowest BCUT2D eigenvalue weighted by Gasteiger charge is -2.38. The molecule has 0 saturated carbocycles. The normalized spacial score (nSPS) is 26.9. The van der Waals surface area contributed by atoms with Crippen LogP contribution in [0, 0.1) is 0 Å². The molecule has 2 rings (SSSR count). The van der Waals surface area contributed by atoms with E-state index in [4.69, 9.17) is 9.47 Å². The van der Waals surface area contributed by atoms with Crippen molar-refractivity contribution < 1.29 is 23.9 Å². The Morgan fingerprint density at radius 1 is 0.960 bits per heavy atom. The summed E-state index contributed by atoms with van der Waals surface area (Å²) in [7, 11) is 0. The molecule has 2 amide bonds. The van der Waals surface area contributed by atoms with Gasteiger partial charge in [-0.1, -0.05) is 0 Å². The molecule has 7 nitrogen and oxygen atoms in total. The number of amides is 2. The SMILES string of the molecule is CC(C)(C)OC(=O)NC1CCC2CC[C@@H](C(=O)OC(C)(C)C)N2C1=O. The molecule has 0 aromatic rings. The van der Waals surface area contributed by atoms with Crippen LogP contribution in [0.2, 0.25) is 0 Å². The van der Waals surface area contributed by atoms with Crippen molar-refractivity contribution >= 4 is 18.0 Å². The molecule has 2 aliphatic rings. The van der Waals surface area contributed by atoms with E-state index in [-0.39, 0.29) is 17.9 Å². The molecule has 0 spiro atoms. The molecule has 2 aliphatic heterocycles. The zero-order valence-electron chi connectivity index (χ0n) is 16.0. The van der Waals surface area contributed by atoms with Gasteiger partial charge in [-0.3, -0.25) is 4.79 Å². The Morgan fingerprint density at radius 2 is 1.52 bits per heavy atom. The van der Waals surface area contributed by atoms with Crippen LogP contribution in [-0.4, -0.2) is 52.2 Å². The number of piperidine rings is 1. The van der Waals surface area contributed by atoms with Crippen LogP contribution in [0.1, 0.15) is 67.2 Å². The maximum absolute atomic E-state index is 12.8. The van der Waals surface area contributed by atoms with Crippen LogP contribution >= 0.6 is 0 Å². The molecule has 1 N–H and O–H groups in total. The summed E-state index contributed by atoms with van der Waals surface area (Å²) < 4.78 is 10.7. The molecular formula is C18H30N2O5. The summed E-state index contributed by atoms with van der Waals surface area (Å²) in [5.41, 5.74) is -1.22. The predicted molar refractivity (Wildman–Crippen MR) is 91.9 cm³/mol. The van der Waals surface area contributed by atoms with Crippen LogP contribution in [0.4, 0.5) is 4.79 Å². The highest BCUT2D eigenvalue weighted by Gasteiger charge is 2.47. The topological polar surface area (TPSA) is 84.9 Å². The van der Waals surface area contributed by atoms with Crippen molar-refractivity contribution in [1.82, 2.24) is 10.2 Å². The molecule has 3 atom stereocenters. The maximum atomic E-state index is 12.8. The van der Waals surface area contributed by atoms with Gasteiger partial charge in [0.1, 0.15) is 23.3 Å². The van der Waals surface area contributed by atoms with Crippen LogP contribution in [-0.2, 0) is 19.1 Å². The molecule has 7 heteroatoms. The molecule has 0 aliphatic carbocycles. The molecular weight excluding hydrogens is 324 g/mol. The molecule has 2 fully saturated rings. The first kappa shape index (κ1) is 19.5. The second kappa shape index (κ2) is 6.84. The Kier molecular flexibility index (Phi) is 5.35. The van der Waals surface area contributed by atoms with Crippen LogP contribution in [0.3, 0.4) is 0 Å². The third-order valence-corrected chi connectivity index (χ3v) is 4.21. The van der Waals surface area contributed by atoms with E-state index >= 15 is 0 Å². The van der Waals surface area contributed by atoms with Crippen molar-refractivity contribution in [1.29, 1.82) is 0 Å². The number of hydrogen-bond donors (Lipinski definition) is 1. The van der Waals surface area contributed by atoms with E-state index in [1.807, 2.05) is 20.8 Å². The van der Waals surface area contributed by atoms with Gasteiger partial charge in [0.15, 0.2) is 0 Å². The summed E-state index contributed by atoms with van der Waals surface area (Å²) in [6.07, 6.45) is 2.09. The minimum absolute atomic E-state index is 0.0432. The lowest BCUT2D eigenvalue weighted by atomic mass is 9.98. The van der Waals surface area contributed by atoms with E-state index in [1.165, 1.54) is 0 Å². The number of hydrogen-bond acceptors (Lipinski definition) is 5. The fraction of sp³-hybridized carbons (Fsp3) is 0.833. The van der Waals surface area contributed by atoms with Crippen LogP contribution in [0.15, 0.2) is 0 Å². The minimum Gasteiger partial charge on any atom is -0.458 e. The fourth-order valence-corrected chi connectivity index (χ4v) is 3.35. The molecule has 0 radical (unpaired) electrons. The van der Waals surface area contributed by atoms with E-state index in [9.17, 15) is 14.4 Å². The first-order valence-electron chi connectivity index (χ1n) is 8.92. The predicted octanol–water partition coefficient (Wildman–Crippen LogP) is 2.37. The van der Waals surface area contributed by atoms with E-state index in [0.717, 1.165) is 12.8 Å². The Hall–Kier alpha value is -1.79. The van der Waals surface area contributed by atoms with Gasteiger partial charge in [-0.25, -0.2) is 9.59 Å². The van der Waals surface area contributed by atoms with Crippen molar-refractivity contribution in [3.8, 4) is 0 Å². The molecule has 0 aromatic carbocycles. The van der Waals surface area contributed by atoms with E-state index in [1.54, 1.807) is 25.7 Å². The van der Waals surface area contributed by atoms with E-state index in [2.05, 4.69) is 5.32 Å². The Morgan fingerprint density at radius 3 is 2.08 bits per heavy atom. The third kappa shape index (κ3) is 5.09. The van der Waals surface area contributed by atoms with Crippen molar-refractivity contribution in [3.05, 3.63) is 0 Å². The molecule has 25 heavy (non-hydrogen) atoms. The van der Waals surface area contributed by atoms with Crippen LogP contribution < -0.4 is 5.32 Å². The molecule has 0 bridgehead atoms. The second-order valence-electron chi connectivity index (χ2n) is 8.80. The molecule has 2 saturated heterocycles. The Labute approximate surface area is 149 Å². The first-order chi connectivity index (χ1) is 11.4. The number of alkyl carbamates (subject to hydrolysis) is 1. The number of carbonyl (C=O) groups is 3. The first-order valence-corrected chi connectivity index (χ1v) is 8.92. The van der Waals surface area contributed by atoms with Gasteiger partial charge in [0, 0.05) is 6.04 Å². The summed E-state index contributed by atoms with van der Waals surface area (Å²) in [6, 6.07) is -1.18. The maximum Gasteiger partial charge on any atom is 0.408 e. The van der Waals surface area contributed by atoms with Gasteiger partial charge in [-0.2, -0.15) is 0 Å². The number of carbonyl (C=O) groups excluding carboxylic acids is 3. The number of esters is 1. The van der Waals surface area contributed by atoms with Gasteiger partial charge in [0.2, 0.25) is 5.91 Å². The number of nitrogens with one attached hydrogen (secondary N) is 1. The van der Waals surface area contributed by atoms with Gasteiger partial charge in [0.05, 0.1) is 0 Å². The highest BCUT2D eigenvalue weighted by Crippen LogP contribution is 2.33. The Balaban J connectivity index is 2.04.